The average Bonchev–Trinajstić information content (AvgIpc) is 2.85. The molecule has 2 saturated heterocycles. The van der Waals surface area contributed by atoms with E-state index in [1.54, 1.807) is 22.1 Å². The Bertz CT molecular complexity index is 1010. The van der Waals surface area contributed by atoms with E-state index in [-0.39, 0.29) is 35.4 Å². The molecule has 8 heteroatoms. The summed E-state index contributed by atoms with van der Waals surface area (Å²) in [5.41, 5.74) is 1.44. The van der Waals surface area contributed by atoms with E-state index in [9.17, 15) is 18.8 Å². The van der Waals surface area contributed by atoms with Crippen LogP contribution < -0.4 is 5.32 Å². The maximum absolute atomic E-state index is 13.3. The summed E-state index contributed by atoms with van der Waals surface area (Å²) < 4.78 is 13.2. The molecule has 7 nitrogen and oxygen atoms in total. The van der Waals surface area contributed by atoms with Crippen molar-refractivity contribution in [2.75, 3.05) is 31.5 Å². The first kappa shape index (κ1) is 22.9. The summed E-state index contributed by atoms with van der Waals surface area (Å²) in [6.45, 7) is 3.85. The molecule has 3 heterocycles. The predicted molar refractivity (Wildman–Crippen MR) is 122 cm³/mol. The molecule has 33 heavy (non-hydrogen) atoms. The number of nitrogens with one attached hydrogen (secondary N) is 1. The summed E-state index contributed by atoms with van der Waals surface area (Å²) in [6, 6.07) is 9.14. The standard InChI is InChI=1S/C25H29FN4O3/c1-17-6-11-22(27-14-17)28-23(31)19-4-2-12-29(15-19)25(33)20-5-3-13-30(16-20)24(32)18-7-9-21(26)10-8-18/h6-11,14,19-20H,2-5,12-13,15-16H2,1H3,(H,27,28,31). The smallest absolute Gasteiger partial charge is 0.253 e. The zero-order chi connectivity index (χ0) is 23.4. The molecule has 1 N–H and O–H groups in total. The van der Waals surface area contributed by atoms with Crippen LogP contribution in [0.3, 0.4) is 0 Å². The van der Waals surface area contributed by atoms with Crippen LogP contribution in [0.4, 0.5) is 10.2 Å². The van der Waals surface area contributed by atoms with Crippen LogP contribution in [-0.4, -0.2) is 58.7 Å². The monoisotopic (exact) mass is 452 g/mol. The number of carbonyl (C=O) groups is 3. The number of nitrogens with zero attached hydrogens (tertiary/aromatic N) is 3. The first-order valence-electron chi connectivity index (χ1n) is 11.5. The van der Waals surface area contributed by atoms with E-state index in [0.717, 1.165) is 24.8 Å². The molecular weight excluding hydrogens is 423 g/mol. The van der Waals surface area contributed by atoms with E-state index >= 15 is 0 Å². The molecule has 2 fully saturated rings. The van der Waals surface area contributed by atoms with Crippen molar-refractivity contribution in [2.24, 2.45) is 11.8 Å². The lowest BCUT2D eigenvalue weighted by Crippen LogP contribution is -2.50. The van der Waals surface area contributed by atoms with Gasteiger partial charge in [-0.1, -0.05) is 6.07 Å². The Hall–Kier alpha value is -3.29. The van der Waals surface area contributed by atoms with E-state index in [0.29, 0.717) is 44.0 Å². The van der Waals surface area contributed by atoms with Crippen molar-refractivity contribution in [2.45, 2.75) is 32.6 Å². The number of amides is 3. The van der Waals surface area contributed by atoms with Crippen LogP contribution in [0.1, 0.15) is 41.6 Å². The Balaban J connectivity index is 1.35. The molecule has 0 saturated carbocycles. The molecule has 1 aromatic carbocycles. The molecule has 174 valence electrons. The number of likely N-dealkylation sites (tertiary alicyclic amines) is 2. The number of anilines is 1. The SMILES string of the molecule is Cc1ccc(NC(=O)C2CCCN(C(=O)C3CCCN(C(=O)c4ccc(F)cc4)C3)C2)nc1. The molecule has 0 spiro atoms. The number of carbonyl (C=O) groups excluding carboxylic acids is 3. The lowest BCUT2D eigenvalue weighted by Gasteiger charge is -2.38. The molecule has 0 aliphatic carbocycles. The number of benzene rings is 1. The van der Waals surface area contributed by atoms with Gasteiger partial charge in [-0.05, 0) is 68.5 Å². The largest absolute Gasteiger partial charge is 0.342 e. The van der Waals surface area contributed by atoms with Crippen molar-refractivity contribution >= 4 is 23.5 Å². The van der Waals surface area contributed by atoms with Crippen molar-refractivity contribution in [1.82, 2.24) is 14.8 Å². The lowest BCUT2D eigenvalue weighted by molar-refractivity contribution is -0.139. The van der Waals surface area contributed by atoms with Crippen molar-refractivity contribution in [1.29, 1.82) is 0 Å². The van der Waals surface area contributed by atoms with Crippen LogP contribution in [0, 0.1) is 24.6 Å². The summed E-state index contributed by atoms with van der Waals surface area (Å²) in [5.74, 6) is -0.765. The summed E-state index contributed by atoms with van der Waals surface area (Å²) >= 11 is 0. The first-order chi connectivity index (χ1) is 15.9. The fraction of sp³-hybridized carbons (Fsp3) is 0.440. The topological polar surface area (TPSA) is 82.6 Å². The first-order valence-corrected chi connectivity index (χ1v) is 11.5. The van der Waals surface area contributed by atoms with E-state index in [1.165, 1.54) is 24.3 Å². The van der Waals surface area contributed by atoms with Crippen molar-refractivity contribution in [3.8, 4) is 0 Å². The van der Waals surface area contributed by atoms with Crippen LogP contribution >= 0.6 is 0 Å². The van der Waals surface area contributed by atoms with Gasteiger partial charge < -0.3 is 15.1 Å². The van der Waals surface area contributed by atoms with E-state index in [4.69, 9.17) is 0 Å². The van der Waals surface area contributed by atoms with Crippen LogP contribution in [0.5, 0.6) is 0 Å². The van der Waals surface area contributed by atoms with Crippen molar-refractivity contribution in [3.63, 3.8) is 0 Å². The van der Waals surface area contributed by atoms with Crippen molar-refractivity contribution < 1.29 is 18.8 Å². The molecule has 2 aliphatic heterocycles. The van der Waals surface area contributed by atoms with Crippen LogP contribution in [0.2, 0.25) is 0 Å². The molecule has 2 atom stereocenters. The number of hydrogen-bond donors (Lipinski definition) is 1. The Labute approximate surface area is 193 Å². The molecular formula is C25H29FN4O3. The zero-order valence-electron chi connectivity index (χ0n) is 18.8. The van der Waals surface area contributed by atoms with Gasteiger partial charge in [-0.3, -0.25) is 14.4 Å². The molecule has 2 aliphatic rings. The minimum absolute atomic E-state index is 0.00225. The fourth-order valence-electron chi connectivity index (χ4n) is 4.56. The van der Waals surface area contributed by atoms with Gasteiger partial charge in [-0.25, -0.2) is 9.37 Å². The Morgan fingerprint density at radius 3 is 2.30 bits per heavy atom. The normalized spacial score (nSPS) is 20.9. The molecule has 0 radical (unpaired) electrons. The van der Waals surface area contributed by atoms with Gasteiger partial charge in [0.15, 0.2) is 0 Å². The summed E-state index contributed by atoms with van der Waals surface area (Å²) in [5, 5.41) is 2.85. The second-order valence-corrected chi connectivity index (χ2v) is 8.93. The molecule has 2 unspecified atom stereocenters. The number of pyridine rings is 1. The minimum Gasteiger partial charge on any atom is -0.342 e. The maximum Gasteiger partial charge on any atom is 0.253 e. The van der Waals surface area contributed by atoms with Gasteiger partial charge >= 0.3 is 0 Å². The third-order valence-electron chi connectivity index (χ3n) is 6.42. The number of halogens is 1. The fourth-order valence-corrected chi connectivity index (χ4v) is 4.56. The van der Waals surface area contributed by atoms with Gasteiger partial charge in [0.2, 0.25) is 11.8 Å². The summed E-state index contributed by atoms with van der Waals surface area (Å²) in [7, 11) is 0. The van der Waals surface area contributed by atoms with E-state index in [1.807, 2.05) is 13.0 Å². The van der Waals surface area contributed by atoms with Gasteiger partial charge in [0.1, 0.15) is 11.6 Å². The molecule has 0 bridgehead atoms. The highest BCUT2D eigenvalue weighted by atomic mass is 19.1. The van der Waals surface area contributed by atoms with Gasteiger partial charge in [0, 0.05) is 37.9 Å². The highest BCUT2D eigenvalue weighted by Crippen LogP contribution is 2.25. The molecule has 3 amide bonds. The third-order valence-corrected chi connectivity index (χ3v) is 6.42. The second-order valence-electron chi connectivity index (χ2n) is 8.93. The Kier molecular flexibility index (Phi) is 7.01. The molecule has 4 rings (SSSR count). The number of aryl methyl sites for hydroxylation is 1. The van der Waals surface area contributed by atoms with E-state index in [2.05, 4.69) is 10.3 Å². The number of aromatic nitrogens is 1. The average molecular weight is 453 g/mol. The van der Waals surface area contributed by atoms with Crippen LogP contribution in [0.15, 0.2) is 42.6 Å². The number of rotatable bonds is 4. The zero-order valence-corrected chi connectivity index (χ0v) is 18.8. The van der Waals surface area contributed by atoms with Gasteiger partial charge in [0.05, 0.1) is 11.8 Å². The predicted octanol–water partition coefficient (Wildman–Crippen LogP) is 3.26. The summed E-state index contributed by atoms with van der Waals surface area (Å²) in [4.78, 5) is 46.5. The van der Waals surface area contributed by atoms with Gasteiger partial charge in [0.25, 0.3) is 5.91 Å². The Morgan fingerprint density at radius 1 is 0.939 bits per heavy atom. The second kappa shape index (κ2) is 10.1. The Morgan fingerprint density at radius 2 is 1.61 bits per heavy atom. The van der Waals surface area contributed by atoms with Crippen LogP contribution in [0.25, 0.3) is 0 Å². The highest BCUT2D eigenvalue weighted by Gasteiger charge is 2.35. The quantitative estimate of drug-likeness (QED) is 0.772. The van der Waals surface area contributed by atoms with Gasteiger partial charge in [-0.15, -0.1) is 0 Å². The molecule has 1 aromatic heterocycles. The number of hydrogen-bond acceptors (Lipinski definition) is 4. The maximum atomic E-state index is 13.3. The van der Waals surface area contributed by atoms with Crippen LogP contribution in [-0.2, 0) is 9.59 Å². The summed E-state index contributed by atoms with van der Waals surface area (Å²) in [6.07, 6.45) is 4.64. The third kappa shape index (κ3) is 5.56. The van der Waals surface area contributed by atoms with E-state index < -0.39 is 0 Å². The van der Waals surface area contributed by atoms with Gasteiger partial charge in [-0.2, -0.15) is 0 Å². The molecule has 2 aromatic rings. The number of piperidine rings is 2. The van der Waals surface area contributed by atoms with Crippen molar-refractivity contribution in [3.05, 3.63) is 59.5 Å². The minimum atomic E-state index is -0.389. The lowest BCUT2D eigenvalue weighted by atomic mass is 9.92. The highest BCUT2D eigenvalue weighted by molar-refractivity contribution is 5.95.